The van der Waals surface area contributed by atoms with Gasteiger partial charge in [0, 0.05) is 64.9 Å². The standard InChI is InChI=1S/C57H68N8O15S2/c1-29(68)21-61-64-43-19-30(11-15-59-43)13-17-78-57-27-82-81-26-33-10-14-56(75,53(57)74)42-25-76-23-32(7-9-41(33)70)44(36-4-2-3-5-40(36)65-28-60-46-51(65)62-55(58)63-52(46)73)39-20-38-45(48(72)37-18-31(22-67)6-8-35(37)47(38)71)50(49(39)80-54(57)79-42)77-24-34(69)12-16-66/h2-6,8,11,16,18-20,29,32-34,41-42,44,46,51,53-55,59-62,64,67-70,74-75H,7,9,12-13,15,17,21-28,58H2,1H3,(H,63,73). The molecule has 6 bridgehead atoms. The SMILES string of the molecule is CC(O)CNNC1=CC(CCOC23CSSCC4C#CC(O)(C5COCC(CCC4O)C(c4ccccc4N4CNC6C(=O)NC(N)NC64)c4cc6c(c(OCC(O)CC=O)c4OC2O5)C(=O)c2cc(CO)ccc2C6=O)C3O)=CCN1. The number of rotatable bonds is 16. The first-order valence-electron chi connectivity index (χ1n) is 27.5. The van der Waals surface area contributed by atoms with Crippen LogP contribution in [0.5, 0.6) is 11.5 Å². The minimum atomic E-state index is -2.43. The summed E-state index contributed by atoms with van der Waals surface area (Å²) in [7, 11) is 2.67. The normalized spacial score (nSPS) is 31.9. The number of aliphatic hydroxyl groups is 6. The number of benzene rings is 3. The van der Waals surface area contributed by atoms with Gasteiger partial charge >= 0.3 is 0 Å². The maximum Gasteiger partial charge on any atom is 0.242 e. The first-order valence-corrected chi connectivity index (χ1v) is 30.0. The number of allylic oxidation sites excluding steroid dienone is 1. The monoisotopic (exact) mass is 1170 g/mol. The first kappa shape index (κ1) is 58.1. The third kappa shape index (κ3) is 11.2. The van der Waals surface area contributed by atoms with E-state index < -0.39 is 109 Å². The molecule has 438 valence electrons. The number of aliphatic hydroxyl groups excluding tert-OH is 5. The van der Waals surface area contributed by atoms with Crippen LogP contribution in [0.2, 0.25) is 0 Å². The van der Waals surface area contributed by atoms with Gasteiger partial charge in [-0.25, -0.2) is 5.43 Å². The molecule has 14 N–H and O–H groups in total. The van der Waals surface area contributed by atoms with Crippen LogP contribution in [0, 0.1) is 23.7 Å². The van der Waals surface area contributed by atoms with Crippen molar-refractivity contribution < 1.29 is 73.5 Å². The third-order valence-electron chi connectivity index (χ3n) is 16.4. The highest BCUT2D eigenvalue weighted by molar-refractivity contribution is 8.76. The Labute approximate surface area is 480 Å². The molecule has 7 aliphatic heterocycles. The Morgan fingerprint density at radius 1 is 1.04 bits per heavy atom. The molecule has 14 atom stereocenters. The van der Waals surface area contributed by atoms with Crippen molar-refractivity contribution >= 4 is 51.0 Å². The van der Waals surface area contributed by atoms with Crippen molar-refractivity contribution in [1.29, 1.82) is 0 Å². The number of anilines is 1. The lowest BCUT2D eigenvalue weighted by Gasteiger charge is -2.54. The van der Waals surface area contributed by atoms with Crippen molar-refractivity contribution in [1.82, 2.24) is 32.1 Å². The molecule has 3 fully saturated rings. The molecule has 3 aromatic rings. The second-order valence-corrected chi connectivity index (χ2v) is 24.4. The third-order valence-corrected chi connectivity index (χ3v) is 18.8. The zero-order chi connectivity index (χ0) is 57.5. The van der Waals surface area contributed by atoms with Gasteiger partial charge in [0.1, 0.15) is 49.4 Å². The van der Waals surface area contributed by atoms with Crippen LogP contribution < -0.4 is 52.2 Å². The minimum Gasteiger partial charge on any atom is -0.486 e. The van der Waals surface area contributed by atoms with E-state index in [4.69, 9.17) is 29.4 Å². The number of carbonyl (C=O) groups is 4. The lowest BCUT2D eigenvalue weighted by molar-refractivity contribution is -0.342. The topological polar surface area (TPSA) is 337 Å². The molecule has 14 unspecified atom stereocenters. The van der Waals surface area contributed by atoms with Crippen molar-refractivity contribution in [2.24, 2.45) is 17.6 Å². The number of para-hydroxylation sites is 1. The van der Waals surface area contributed by atoms with Gasteiger partial charge < -0.3 is 80.1 Å². The molecule has 1 aliphatic carbocycles. The lowest BCUT2D eigenvalue weighted by Crippen LogP contribution is -2.75. The highest BCUT2D eigenvalue weighted by Crippen LogP contribution is 2.54. The Bertz CT molecular complexity index is 3090. The van der Waals surface area contributed by atoms with Gasteiger partial charge in [-0.1, -0.05) is 63.8 Å². The van der Waals surface area contributed by atoms with Gasteiger partial charge in [0.25, 0.3) is 0 Å². The molecule has 0 radical (unpaired) electrons. The Hall–Kier alpha value is -5.64. The summed E-state index contributed by atoms with van der Waals surface area (Å²) < 4.78 is 34.8. The van der Waals surface area contributed by atoms with Crippen LogP contribution in [0.4, 0.5) is 5.69 Å². The van der Waals surface area contributed by atoms with Gasteiger partial charge in [0.05, 0.1) is 62.9 Å². The number of ketones is 2. The van der Waals surface area contributed by atoms with E-state index >= 15 is 9.59 Å². The lowest BCUT2D eigenvalue weighted by atomic mass is 9.74. The zero-order valence-electron chi connectivity index (χ0n) is 44.9. The molecule has 1 amide bonds. The number of aldehydes is 1. The van der Waals surface area contributed by atoms with Gasteiger partial charge in [0.2, 0.25) is 12.2 Å². The number of hydrazine groups is 1. The average Bonchev–Trinajstić information content (AvgIpc) is 1.27. The first-order chi connectivity index (χ1) is 39.6. The Balaban J connectivity index is 1.15. The number of hydrogen-bond donors (Lipinski definition) is 13. The molecule has 8 aliphatic rings. The number of amides is 1. The largest absolute Gasteiger partial charge is 0.486 e. The van der Waals surface area contributed by atoms with Crippen molar-refractivity contribution in [2.75, 3.05) is 62.6 Å². The number of carbonyl (C=O) groups excluding carboxylic acids is 4. The highest BCUT2D eigenvalue weighted by atomic mass is 33.1. The molecule has 3 aromatic carbocycles. The molecule has 25 heteroatoms. The molecule has 23 nitrogen and oxygen atoms in total. The van der Waals surface area contributed by atoms with Crippen LogP contribution >= 0.6 is 21.6 Å². The molecule has 0 aromatic heterocycles. The number of ether oxygens (including phenoxy) is 5. The molecule has 82 heavy (non-hydrogen) atoms. The van der Waals surface area contributed by atoms with Crippen LogP contribution in [0.3, 0.4) is 0 Å². The average molecular weight is 1170 g/mol. The molecule has 7 heterocycles. The summed E-state index contributed by atoms with van der Waals surface area (Å²) in [5.74, 6) is 2.54. The quantitative estimate of drug-likeness (QED) is 0.0289. The molecular weight excluding hydrogens is 1100 g/mol. The summed E-state index contributed by atoms with van der Waals surface area (Å²) >= 11 is 0. The molecule has 3 saturated heterocycles. The van der Waals surface area contributed by atoms with E-state index in [1.165, 1.54) is 33.7 Å². The van der Waals surface area contributed by atoms with Gasteiger partial charge in [-0.3, -0.25) is 30.8 Å². The van der Waals surface area contributed by atoms with Crippen molar-refractivity contribution in [3.8, 4) is 23.3 Å². The Kier molecular flexibility index (Phi) is 17.4. The summed E-state index contributed by atoms with van der Waals surface area (Å²) in [6, 6.07) is 12.8. The van der Waals surface area contributed by atoms with E-state index in [9.17, 15) is 40.2 Å². The fourth-order valence-corrected chi connectivity index (χ4v) is 14.8. The molecule has 11 rings (SSSR count). The van der Waals surface area contributed by atoms with Crippen LogP contribution in [-0.2, 0) is 30.4 Å². The maximum absolute atomic E-state index is 15.4. The summed E-state index contributed by atoms with van der Waals surface area (Å²) in [6.45, 7) is 0.991. The zero-order valence-corrected chi connectivity index (χ0v) is 46.5. The van der Waals surface area contributed by atoms with Crippen LogP contribution in [-0.4, -0.2) is 179 Å². The van der Waals surface area contributed by atoms with E-state index in [1.807, 2.05) is 41.3 Å². The summed E-state index contributed by atoms with van der Waals surface area (Å²) in [5.41, 5.74) is 10.2. The van der Waals surface area contributed by atoms with E-state index in [2.05, 4.69) is 44.0 Å². The number of fused-ring (bicyclic) bond motifs is 11. The van der Waals surface area contributed by atoms with Gasteiger partial charge in [0.15, 0.2) is 34.3 Å². The fourth-order valence-electron chi connectivity index (χ4n) is 12.1. The fraction of sp³-hybridized carbons (Fsp3) is 0.509. The van der Waals surface area contributed by atoms with Crippen molar-refractivity contribution in [2.45, 2.75) is 112 Å². The Morgan fingerprint density at radius 3 is 2.70 bits per heavy atom. The summed E-state index contributed by atoms with van der Waals surface area (Å²) in [5, 5.41) is 82.7. The molecule has 0 saturated carbocycles. The molecular formula is C57H68N8O15S2. The predicted molar refractivity (Wildman–Crippen MR) is 300 cm³/mol. The van der Waals surface area contributed by atoms with Crippen molar-refractivity contribution in [3.63, 3.8) is 0 Å². The number of dihydropyridines is 1. The number of hydrogen-bond acceptors (Lipinski definition) is 24. The van der Waals surface area contributed by atoms with Gasteiger partial charge in [-0.2, -0.15) is 0 Å². The van der Waals surface area contributed by atoms with E-state index in [0.29, 0.717) is 41.2 Å². The predicted octanol–water partition coefficient (Wildman–Crippen LogP) is -0.559. The highest BCUT2D eigenvalue weighted by Gasteiger charge is 2.66. The van der Waals surface area contributed by atoms with Crippen LogP contribution in [0.15, 0.2) is 72.1 Å². The number of nitrogens with zero attached hydrogens (tertiary/aromatic N) is 1. The number of nitrogens with one attached hydrogen (secondary N) is 6. The van der Waals surface area contributed by atoms with Crippen LogP contribution in [0.1, 0.15) is 87.1 Å². The summed E-state index contributed by atoms with van der Waals surface area (Å²) in [4.78, 5) is 58.1. The second-order valence-electron chi connectivity index (χ2n) is 21.8. The smallest absolute Gasteiger partial charge is 0.242 e. The van der Waals surface area contributed by atoms with Gasteiger partial charge in [-0.05, 0) is 79.1 Å². The maximum atomic E-state index is 15.4. The number of nitrogens with two attached hydrogens (primary N) is 1. The van der Waals surface area contributed by atoms with E-state index in [0.717, 1.165) is 5.57 Å². The van der Waals surface area contributed by atoms with Crippen LogP contribution in [0.25, 0.3) is 0 Å². The van der Waals surface area contributed by atoms with Crippen molar-refractivity contribution in [3.05, 3.63) is 111 Å². The summed E-state index contributed by atoms with van der Waals surface area (Å²) in [6.07, 6.45) is -5.15. The molecule has 0 spiro atoms. The second kappa shape index (κ2) is 24.5. The van der Waals surface area contributed by atoms with E-state index in [1.54, 1.807) is 19.1 Å². The van der Waals surface area contributed by atoms with E-state index in [-0.39, 0.29) is 110 Å². The Morgan fingerprint density at radius 2 is 1.88 bits per heavy atom. The minimum absolute atomic E-state index is 0.0386. The van der Waals surface area contributed by atoms with Gasteiger partial charge in [-0.15, -0.1) is 0 Å².